The van der Waals surface area contributed by atoms with E-state index in [1.165, 1.54) is 12.8 Å². The lowest BCUT2D eigenvalue weighted by Gasteiger charge is -2.15. The van der Waals surface area contributed by atoms with Crippen LogP contribution < -0.4 is 10.1 Å². The number of nitrogens with zero attached hydrogens (tertiary/aromatic N) is 2. The van der Waals surface area contributed by atoms with Gasteiger partial charge in [0.1, 0.15) is 0 Å². The highest BCUT2D eigenvalue weighted by atomic mass is 16.5. The normalized spacial score (nSPS) is 16.1. The predicted octanol–water partition coefficient (Wildman–Crippen LogP) is 2.49. The van der Waals surface area contributed by atoms with E-state index in [9.17, 15) is 0 Å². The molecule has 0 spiro atoms. The maximum Gasteiger partial charge on any atom is 0.225 e. The van der Waals surface area contributed by atoms with Crippen LogP contribution in [0.5, 0.6) is 5.88 Å². The molecule has 0 amide bonds. The summed E-state index contributed by atoms with van der Waals surface area (Å²) in [5.74, 6) is 1.29. The summed E-state index contributed by atoms with van der Waals surface area (Å²) >= 11 is 0. The Labute approximate surface area is 114 Å². The average molecular weight is 265 g/mol. The van der Waals surface area contributed by atoms with Gasteiger partial charge < -0.3 is 14.8 Å². The molecule has 1 aliphatic rings. The molecule has 1 aliphatic carbocycles. The van der Waals surface area contributed by atoms with Crippen molar-refractivity contribution in [2.24, 2.45) is 5.41 Å². The van der Waals surface area contributed by atoms with Crippen molar-refractivity contribution < 1.29 is 9.47 Å². The summed E-state index contributed by atoms with van der Waals surface area (Å²) in [4.78, 5) is 8.57. The Morgan fingerprint density at radius 1 is 1.37 bits per heavy atom. The summed E-state index contributed by atoms with van der Waals surface area (Å²) in [6.07, 6.45) is 6.33. The minimum absolute atomic E-state index is 0.389. The molecule has 5 heteroatoms. The number of methoxy groups -OCH3 is 1. The molecule has 106 valence electrons. The maximum absolute atomic E-state index is 5.50. The number of aromatic nitrogens is 2. The highest BCUT2D eigenvalue weighted by molar-refractivity contribution is 5.28. The van der Waals surface area contributed by atoms with Crippen LogP contribution in [0.1, 0.15) is 32.6 Å². The molecule has 1 fully saturated rings. The lowest BCUT2D eigenvalue weighted by Crippen LogP contribution is -2.18. The molecule has 0 saturated heterocycles. The molecule has 2 rings (SSSR count). The molecular weight excluding hydrogens is 242 g/mol. The number of ether oxygens (including phenoxy) is 2. The van der Waals surface area contributed by atoms with Crippen molar-refractivity contribution in [3.63, 3.8) is 0 Å². The van der Waals surface area contributed by atoms with Gasteiger partial charge in [-0.3, -0.25) is 0 Å². The van der Waals surface area contributed by atoms with Gasteiger partial charge in [0.2, 0.25) is 11.8 Å². The zero-order valence-electron chi connectivity index (χ0n) is 11.8. The number of nitrogens with one attached hydrogen (secondary N) is 1. The third-order valence-corrected chi connectivity index (χ3v) is 3.50. The average Bonchev–Trinajstić information content (AvgIpc) is 3.22. The fourth-order valence-electron chi connectivity index (χ4n) is 1.99. The molecule has 1 saturated carbocycles. The Morgan fingerprint density at radius 3 is 2.89 bits per heavy atom. The Balaban J connectivity index is 1.82. The van der Waals surface area contributed by atoms with E-state index in [-0.39, 0.29) is 0 Å². The molecule has 1 heterocycles. The predicted molar refractivity (Wildman–Crippen MR) is 74.5 cm³/mol. The van der Waals surface area contributed by atoms with Crippen LogP contribution in [0.15, 0.2) is 12.3 Å². The van der Waals surface area contributed by atoms with Gasteiger partial charge in [0.25, 0.3) is 0 Å². The van der Waals surface area contributed by atoms with Gasteiger partial charge in [-0.25, -0.2) is 4.98 Å². The van der Waals surface area contributed by atoms with Crippen LogP contribution in [-0.2, 0) is 4.74 Å². The SMILES string of the molecule is CCCOc1ccnc(NCC2(CCOC)CC2)n1. The second-order valence-electron chi connectivity index (χ2n) is 5.16. The van der Waals surface area contributed by atoms with E-state index >= 15 is 0 Å². The fraction of sp³-hybridized carbons (Fsp3) is 0.714. The van der Waals surface area contributed by atoms with E-state index in [0.717, 1.165) is 26.0 Å². The monoisotopic (exact) mass is 265 g/mol. The molecule has 0 aromatic carbocycles. The molecule has 5 nitrogen and oxygen atoms in total. The van der Waals surface area contributed by atoms with Gasteiger partial charge in [-0.15, -0.1) is 0 Å². The standard InChI is InChI=1S/C14H23N3O2/c1-3-9-19-12-4-8-15-13(17-12)16-11-14(5-6-14)7-10-18-2/h4,8H,3,5-7,9-11H2,1-2H3,(H,15,16,17). The van der Waals surface area contributed by atoms with Gasteiger partial charge in [-0.1, -0.05) is 6.92 Å². The summed E-state index contributed by atoms with van der Waals surface area (Å²) in [6, 6.07) is 1.79. The van der Waals surface area contributed by atoms with Crippen molar-refractivity contribution in [3.05, 3.63) is 12.3 Å². The Bertz CT molecular complexity index is 394. The van der Waals surface area contributed by atoms with Gasteiger partial charge in [-0.05, 0) is 31.1 Å². The molecule has 1 aromatic rings. The van der Waals surface area contributed by atoms with Crippen LogP contribution in [0.2, 0.25) is 0 Å². The van der Waals surface area contributed by atoms with E-state index in [0.29, 0.717) is 23.9 Å². The third-order valence-electron chi connectivity index (χ3n) is 3.50. The molecule has 0 radical (unpaired) electrons. The van der Waals surface area contributed by atoms with E-state index in [1.54, 1.807) is 19.4 Å². The molecule has 1 N–H and O–H groups in total. The first-order valence-electron chi connectivity index (χ1n) is 6.97. The first-order valence-corrected chi connectivity index (χ1v) is 6.97. The zero-order valence-corrected chi connectivity index (χ0v) is 11.8. The van der Waals surface area contributed by atoms with Crippen LogP contribution in [0, 0.1) is 5.41 Å². The van der Waals surface area contributed by atoms with Crippen molar-refractivity contribution in [2.45, 2.75) is 32.6 Å². The Kier molecular flexibility index (Phi) is 4.96. The van der Waals surface area contributed by atoms with Crippen LogP contribution in [-0.4, -0.2) is 36.8 Å². The Morgan fingerprint density at radius 2 is 2.21 bits per heavy atom. The fourth-order valence-corrected chi connectivity index (χ4v) is 1.99. The van der Waals surface area contributed by atoms with Crippen molar-refractivity contribution in [1.29, 1.82) is 0 Å². The van der Waals surface area contributed by atoms with E-state index in [4.69, 9.17) is 9.47 Å². The molecule has 19 heavy (non-hydrogen) atoms. The van der Waals surface area contributed by atoms with Gasteiger partial charge in [0, 0.05) is 32.5 Å². The number of hydrogen-bond donors (Lipinski definition) is 1. The highest BCUT2D eigenvalue weighted by Crippen LogP contribution is 2.48. The lowest BCUT2D eigenvalue weighted by molar-refractivity contribution is 0.174. The first kappa shape index (κ1) is 14.1. The van der Waals surface area contributed by atoms with Crippen molar-refractivity contribution in [2.75, 3.05) is 32.2 Å². The zero-order chi connectivity index (χ0) is 13.6. The smallest absolute Gasteiger partial charge is 0.225 e. The summed E-state index contributed by atoms with van der Waals surface area (Å²) in [6.45, 7) is 4.50. The first-order chi connectivity index (χ1) is 9.28. The molecule has 1 aromatic heterocycles. The van der Waals surface area contributed by atoms with Crippen LogP contribution in [0.25, 0.3) is 0 Å². The minimum atomic E-state index is 0.389. The Hall–Kier alpha value is -1.36. The number of rotatable bonds is 9. The molecule has 0 atom stereocenters. The minimum Gasteiger partial charge on any atom is -0.478 e. The largest absolute Gasteiger partial charge is 0.478 e. The summed E-state index contributed by atoms with van der Waals surface area (Å²) in [7, 11) is 1.75. The topological polar surface area (TPSA) is 56.3 Å². The van der Waals surface area contributed by atoms with Gasteiger partial charge in [0.05, 0.1) is 6.61 Å². The summed E-state index contributed by atoms with van der Waals surface area (Å²) in [5.41, 5.74) is 0.389. The van der Waals surface area contributed by atoms with Gasteiger partial charge >= 0.3 is 0 Å². The van der Waals surface area contributed by atoms with Crippen LogP contribution in [0.3, 0.4) is 0 Å². The number of anilines is 1. The van der Waals surface area contributed by atoms with Crippen LogP contribution >= 0.6 is 0 Å². The van der Waals surface area contributed by atoms with Gasteiger partial charge in [0.15, 0.2) is 0 Å². The van der Waals surface area contributed by atoms with Crippen molar-refractivity contribution in [1.82, 2.24) is 9.97 Å². The molecule has 0 aliphatic heterocycles. The van der Waals surface area contributed by atoms with E-state index < -0.39 is 0 Å². The van der Waals surface area contributed by atoms with Crippen molar-refractivity contribution in [3.8, 4) is 5.88 Å². The second-order valence-corrected chi connectivity index (χ2v) is 5.16. The van der Waals surface area contributed by atoms with E-state index in [2.05, 4.69) is 22.2 Å². The summed E-state index contributed by atoms with van der Waals surface area (Å²) in [5, 5.41) is 3.32. The van der Waals surface area contributed by atoms with E-state index in [1.807, 2.05) is 0 Å². The quantitative estimate of drug-likeness (QED) is 0.743. The second kappa shape index (κ2) is 6.70. The van der Waals surface area contributed by atoms with Crippen LogP contribution in [0.4, 0.5) is 5.95 Å². The molecule has 0 unspecified atom stereocenters. The molecule has 0 bridgehead atoms. The number of hydrogen-bond acceptors (Lipinski definition) is 5. The van der Waals surface area contributed by atoms with Crippen molar-refractivity contribution >= 4 is 5.95 Å². The lowest BCUT2D eigenvalue weighted by atomic mass is 10.0. The summed E-state index contributed by atoms with van der Waals surface area (Å²) < 4.78 is 10.7. The third kappa shape index (κ3) is 4.35. The maximum atomic E-state index is 5.50. The van der Waals surface area contributed by atoms with Gasteiger partial charge in [-0.2, -0.15) is 4.98 Å². The molecular formula is C14H23N3O2. The highest BCUT2D eigenvalue weighted by Gasteiger charge is 2.41.